The highest BCUT2D eigenvalue weighted by Crippen LogP contribution is 2.25. The van der Waals surface area contributed by atoms with Gasteiger partial charge in [0.05, 0.1) is 0 Å². The summed E-state index contributed by atoms with van der Waals surface area (Å²) in [6.07, 6.45) is 4.20. The Kier molecular flexibility index (Phi) is 7.88. The number of carbonyl (C=O) groups excluding carboxylic acids is 2. The minimum absolute atomic E-state index is 0.0250. The summed E-state index contributed by atoms with van der Waals surface area (Å²) in [5, 5.41) is 3.17. The first kappa shape index (κ1) is 24.3. The van der Waals surface area contributed by atoms with Crippen molar-refractivity contribution < 1.29 is 14.3 Å². The Morgan fingerprint density at radius 2 is 1.68 bits per heavy atom. The predicted molar refractivity (Wildman–Crippen MR) is 134 cm³/mol. The number of nitrogens with zero attached hydrogens (tertiary/aromatic N) is 2. The second kappa shape index (κ2) is 11.0. The first-order valence-electron chi connectivity index (χ1n) is 12.6. The first-order valence-corrected chi connectivity index (χ1v) is 12.6. The number of likely N-dealkylation sites (tertiary alicyclic amines) is 2. The monoisotopic (exact) mass is 463 g/mol. The summed E-state index contributed by atoms with van der Waals surface area (Å²) >= 11 is 0. The molecule has 0 saturated carbocycles. The van der Waals surface area contributed by atoms with Crippen LogP contribution in [-0.2, 0) is 4.79 Å². The van der Waals surface area contributed by atoms with E-state index in [0.29, 0.717) is 17.4 Å². The quantitative estimate of drug-likeness (QED) is 0.660. The van der Waals surface area contributed by atoms with Gasteiger partial charge in [0.15, 0.2) is 6.61 Å². The van der Waals surface area contributed by atoms with Crippen molar-refractivity contribution in [3.63, 3.8) is 0 Å². The number of piperidine rings is 1. The molecule has 182 valence electrons. The van der Waals surface area contributed by atoms with Crippen molar-refractivity contribution in [2.45, 2.75) is 70.6 Å². The minimum Gasteiger partial charge on any atom is -0.484 e. The lowest BCUT2D eigenvalue weighted by Crippen LogP contribution is -2.49. The van der Waals surface area contributed by atoms with Crippen LogP contribution in [0.1, 0.15) is 68.4 Å². The molecule has 4 unspecified atom stereocenters. The zero-order valence-electron chi connectivity index (χ0n) is 20.6. The third kappa shape index (κ3) is 5.79. The standard InChI is InChI=1S/C28H37N3O3/c1-20-8-7-9-21(2)31(20)27(32)19-34-26-14-12-24(13-15-26)28(33)29-25-16-17-30(18-25)22(3)23-10-5-4-6-11-23/h4-6,10-15,20-22,25H,7-9,16-19H2,1-3H3,(H,29,33). The third-order valence-electron chi connectivity index (χ3n) is 7.34. The van der Waals surface area contributed by atoms with Gasteiger partial charge in [-0.05, 0) is 76.3 Å². The van der Waals surface area contributed by atoms with Crippen LogP contribution >= 0.6 is 0 Å². The van der Waals surface area contributed by atoms with Gasteiger partial charge in [-0.3, -0.25) is 14.5 Å². The molecule has 0 aromatic heterocycles. The van der Waals surface area contributed by atoms with Gasteiger partial charge >= 0.3 is 0 Å². The van der Waals surface area contributed by atoms with Gasteiger partial charge in [0, 0.05) is 42.8 Å². The molecule has 0 radical (unpaired) electrons. The second-order valence-electron chi connectivity index (χ2n) is 9.78. The van der Waals surface area contributed by atoms with E-state index in [9.17, 15) is 9.59 Å². The summed E-state index contributed by atoms with van der Waals surface area (Å²) in [6.45, 7) is 8.27. The van der Waals surface area contributed by atoms with E-state index in [4.69, 9.17) is 4.74 Å². The molecule has 0 aliphatic carbocycles. The molecule has 0 spiro atoms. The molecule has 6 heteroatoms. The van der Waals surface area contributed by atoms with Crippen LogP contribution in [0.15, 0.2) is 54.6 Å². The van der Waals surface area contributed by atoms with Gasteiger partial charge < -0.3 is 15.0 Å². The van der Waals surface area contributed by atoms with Gasteiger partial charge in [-0.25, -0.2) is 0 Å². The largest absolute Gasteiger partial charge is 0.484 e. The molecule has 2 aromatic carbocycles. The lowest BCUT2D eigenvalue weighted by atomic mass is 9.97. The van der Waals surface area contributed by atoms with E-state index < -0.39 is 0 Å². The van der Waals surface area contributed by atoms with Gasteiger partial charge in [0.2, 0.25) is 0 Å². The van der Waals surface area contributed by atoms with Gasteiger partial charge in [0.25, 0.3) is 11.8 Å². The molecule has 4 rings (SSSR count). The summed E-state index contributed by atoms with van der Waals surface area (Å²) in [7, 11) is 0. The fourth-order valence-electron chi connectivity index (χ4n) is 5.30. The van der Waals surface area contributed by atoms with Gasteiger partial charge in [-0.15, -0.1) is 0 Å². The van der Waals surface area contributed by atoms with Crippen LogP contribution < -0.4 is 10.1 Å². The van der Waals surface area contributed by atoms with Crippen molar-refractivity contribution >= 4 is 11.8 Å². The number of amides is 2. The average molecular weight is 464 g/mol. The van der Waals surface area contributed by atoms with Crippen molar-refractivity contribution in [2.24, 2.45) is 0 Å². The Bertz CT molecular complexity index is 953. The third-order valence-corrected chi connectivity index (χ3v) is 7.34. The summed E-state index contributed by atoms with van der Waals surface area (Å²) in [6, 6.07) is 18.5. The number of carbonyl (C=O) groups is 2. The topological polar surface area (TPSA) is 61.9 Å². The fourth-order valence-corrected chi connectivity index (χ4v) is 5.30. The summed E-state index contributed by atoms with van der Waals surface area (Å²) in [5.74, 6) is 0.556. The summed E-state index contributed by atoms with van der Waals surface area (Å²) in [5.41, 5.74) is 1.90. The molecule has 4 atom stereocenters. The lowest BCUT2D eigenvalue weighted by Gasteiger charge is -2.38. The van der Waals surface area contributed by atoms with E-state index in [-0.39, 0.29) is 36.5 Å². The second-order valence-corrected chi connectivity index (χ2v) is 9.78. The first-order chi connectivity index (χ1) is 16.4. The van der Waals surface area contributed by atoms with E-state index in [2.05, 4.69) is 55.3 Å². The van der Waals surface area contributed by atoms with Crippen molar-refractivity contribution in [1.82, 2.24) is 15.1 Å². The molecule has 34 heavy (non-hydrogen) atoms. The molecule has 2 fully saturated rings. The molecular formula is C28H37N3O3. The van der Waals surface area contributed by atoms with E-state index in [0.717, 1.165) is 32.4 Å². The Morgan fingerprint density at radius 3 is 2.35 bits per heavy atom. The smallest absolute Gasteiger partial charge is 0.260 e. The molecule has 0 bridgehead atoms. The van der Waals surface area contributed by atoms with Crippen molar-refractivity contribution in [2.75, 3.05) is 19.7 Å². The Morgan fingerprint density at radius 1 is 1.00 bits per heavy atom. The molecule has 2 aliphatic rings. The fraction of sp³-hybridized carbons (Fsp3) is 0.500. The SMILES string of the molecule is CC(c1ccccc1)N1CCC(NC(=O)c2ccc(OCC(=O)N3C(C)CCCC3C)cc2)C1. The maximum Gasteiger partial charge on any atom is 0.260 e. The number of rotatable bonds is 7. The van der Waals surface area contributed by atoms with Crippen LogP contribution in [0.5, 0.6) is 5.75 Å². The van der Waals surface area contributed by atoms with Crippen molar-refractivity contribution in [1.29, 1.82) is 0 Å². The number of ether oxygens (including phenoxy) is 1. The van der Waals surface area contributed by atoms with E-state index in [1.165, 1.54) is 12.0 Å². The molecule has 2 amide bonds. The molecule has 2 saturated heterocycles. The highest BCUT2D eigenvalue weighted by atomic mass is 16.5. The van der Waals surface area contributed by atoms with Crippen LogP contribution in [0.2, 0.25) is 0 Å². The minimum atomic E-state index is -0.0715. The number of benzene rings is 2. The summed E-state index contributed by atoms with van der Waals surface area (Å²) < 4.78 is 5.74. The van der Waals surface area contributed by atoms with Crippen LogP contribution in [0.3, 0.4) is 0 Å². The van der Waals surface area contributed by atoms with Crippen molar-refractivity contribution in [3.05, 3.63) is 65.7 Å². The number of nitrogens with one attached hydrogen (secondary N) is 1. The highest BCUT2D eigenvalue weighted by Gasteiger charge is 2.29. The molecule has 2 aliphatic heterocycles. The van der Waals surface area contributed by atoms with E-state index >= 15 is 0 Å². The van der Waals surface area contributed by atoms with Crippen LogP contribution in [0.4, 0.5) is 0 Å². The Balaban J connectivity index is 1.25. The number of hydrogen-bond donors (Lipinski definition) is 1. The van der Waals surface area contributed by atoms with Crippen LogP contribution in [0, 0.1) is 0 Å². The molecular weight excluding hydrogens is 426 g/mol. The molecule has 6 nitrogen and oxygen atoms in total. The maximum absolute atomic E-state index is 12.8. The Hall–Kier alpha value is -2.86. The van der Waals surface area contributed by atoms with Gasteiger partial charge in [-0.1, -0.05) is 30.3 Å². The zero-order valence-corrected chi connectivity index (χ0v) is 20.6. The normalized spacial score (nSPS) is 24.0. The van der Waals surface area contributed by atoms with E-state index in [1.54, 1.807) is 24.3 Å². The van der Waals surface area contributed by atoms with E-state index in [1.807, 2.05) is 11.0 Å². The van der Waals surface area contributed by atoms with Crippen LogP contribution in [-0.4, -0.2) is 59.4 Å². The molecule has 1 N–H and O–H groups in total. The number of hydrogen-bond acceptors (Lipinski definition) is 4. The van der Waals surface area contributed by atoms with Gasteiger partial charge in [-0.2, -0.15) is 0 Å². The van der Waals surface area contributed by atoms with Crippen LogP contribution in [0.25, 0.3) is 0 Å². The zero-order chi connectivity index (χ0) is 24.1. The maximum atomic E-state index is 12.8. The highest BCUT2D eigenvalue weighted by molar-refractivity contribution is 5.94. The lowest BCUT2D eigenvalue weighted by molar-refractivity contribution is -0.139. The van der Waals surface area contributed by atoms with Crippen molar-refractivity contribution in [3.8, 4) is 5.75 Å². The Labute approximate surface area is 203 Å². The van der Waals surface area contributed by atoms with Gasteiger partial charge in [0.1, 0.15) is 5.75 Å². The molecule has 2 aromatic rings. The predicted octanol–water partition coefficient (Wildman–Crippen LogP) is 4.42. The summed E-state index contributed by atoms with van der Waals surface area (Å²) in [4.78, 5) is 29.8. The molecule has 2 heterocycles. The average Bonchev–Trinajstić information content (AvgIpc) is 3.31.